The highest BCUT2D eigenvalue weighted by molar-refractivity contribution is 4.56. The summed E-state index contributed by atoms with van der Waals surface area (Å²) < 4.78 is 0.952. The number of quaternary nitrogens is 1. The van der Waals surface area contributed by atoms with Crippen LogP contribution in [0.25, 0.3) is 0 Å². The summed E-state index contributed by atoms with van der Waals surface area (Å²) >= 11 is 0. The van der Waals surface area contributed by atoms with Gasteiger partial charge in [0.1, 0.15) is 0 Å². The third-order valence-corrected chi connectivity index (χ3v) is 3.27. The number of hydrogen-bond donors (Lipinski definition) is 1. The van der Waals surface area contributed by atoms with Crippen molar-refractivity contribution < 1.29 is 33.6 Å². The molecule has 0 aromatic heterocycles. The smallest absolute Gasteiger partial charge is 0.0805 e. The molecule has 1 unspecified atom stereocenters. The molecule has 0 aliphatic heterocycles. The highest BCUT2D eigenvalue weighted by Crippen LogP contribution is 2.11. The molecule has 0 bridgehead atoms. The summed E-state index contributed by atoms with van der Waals surface area (Å²) in [6, 6.07) is 0. The van der Waals surface area contributed by atoms with E-state index < -0.39 is 0 Å². The summed E-state index contributed by atoms with van der Waals surface area (Å²) in [6.07, 6.45) is 11.2. The molecule has 0 heterocycles. The average Bonchev–Trinajstić information content (AvgIpc) is 2.24. The van der Waals surface area contributed by atoms with Gasteiger partial charge in [-0.3, -0.25) is 0 Å². The minimum absolute atomic E-state index is 0. The van der Waals surface area contributed by atoms with E-state index in [1.807, 2.05) is 0 Å². The second-order valence-electron chi connectivity index (χ2n) is 6.37. The molecular weight excluding hydrogens is 337 g/mol. The molecular formula is C15H34INO. The van der Waals surface area contributed by atoms with Crippen molar-refractivity contribution in [2.45, 2.75) is 70.8 Å². The van der Waals surface area contributed by atoms with Crippen LogP contribution in [0.1, 0.15) is 64.7 Å². The van der Waals surface area contributed by atoms with E-state index in [2.05, 4.69) is 28.1 Å². The van der Waals surface area contributed by atoms with E-state index in [1.54, 1.807) is 0 Å². The molecule has 18 heavy (non-hydrogen) atoms. The van der Waals surface area contributed by atoms with Crippen molar-refractivity contribution in [2.24, 2.45) is 0 Å². The monoisotopic (exact) mass is 371 g/mol. The predicted molar refractivity (Wildman–Crippen MR) is 76.1 cm³/mol. The van der Waals surface area contributed by atoms with Gasteiger partial charge in [-0.2, -0.15) is 0 Å². The molecule has 0 spiro atoms. The SMILES string of the molecule is CCCCCCCCCC(O)CC[N+](C)(C)C.[I-]. The molecule has 3 heteroatoms. The van der Waals surface area contributed by atoms with Crippen molar-refractivity contribution in [1.82, 2.24) is 0 Å². The second-order valence-corrected chi connectivity index (χ2v) is 6.37. The number of hydrogen-bond acceptors (Lipinski definition) is 1. The maximum atomic E-state index is 9.84. The van der Waals surface area contributed by atoms with E-state index in [9.17, 15) is 5.11 Å². The van der Waals surface area contributed by atoms with Gasteiger partial charge in [0.05, 0.1) is 33.8 Å². The zero-order valence-corrected chi connectivity index (χ0v) is 15.1. The molecule has 112 valence electrons. The Morgan fingerprint density at radius 2 is 1.33 bits per heavy atom. The normalized spacial score (nSPS) is 13.2. The Labute approximate surface area is 132 Å². The van der Waals surface area contributed by atoms with Crippen molar-refractivity contribution >= 4 is 0 Å². The van der Waals surface area contributed by atoms with Gasteiger partial charge in [0.25, 0.3) is 0 Å². The molecule has 0 aliphatic carbocycles. The number of rotatable bonds is 11. The lowest BCUT2D eigenvalue weighted by Gasteiger charge is -2.25. The molecule has 0 aromatic rings. The molecule has 0 aliphatic rings. The van der Waals surface area contributed by atoms with Crippen LogP contribution in [0.15, 0.2) is 0 Å². The molecule has 0 rings (SSSR count). The maximum Gasteiger partial charge on any atom is 0.0805 e. The molecule has 1 N–H and O–H groups in total. The summed E-state index contributed by atoms with van der Waals surface area (Å²) in [7, 11) is 6.54. The Morgan fingerprint density at radius 3 is 1.83 bits per heavy atom. The second kappa shape index (κ2) is 12.7. The molecule has 2 nitrogen and oxygen atoms in total. The van der Waals surface area contributed by atoms with Crippen LogP contribution < -0.4 is 24.0 Å². The van der Waals surface area contributed by atoms with E-state index in [-0.39, 0.29) is 30.1 Å². The minimum atomic E-state index is -0.0806. The van der Waals surface area contributed by atoms with Crippen LogP contribution in [0.2, 0.25) is 0 Å². The Hall–Kier alpha value is 0.650. The van der Waals surface area contributed by atoms with Gasteiger partial charge in [0.15, 0.2) is 0 Å². The molecule has 0 amide bonds. The zero-order valence-electron chi connectivity index (χ0n) is 12.9. The fourth-order valence-corrected chi connectivity index (χ4v) is 2.02. The predicted octanol–water partition coefficient (Wildman–Crippen LogP) is 0.588. The van der Waals surface area contributed by atoms with Gasteiger partial charge in [0.2, 0.25) is 0 Å². The van der Waals surface area contributed by atoms with Crippen LogP contribution in [0.5, 0.6) is 0 Å². The highest BCUT2D eigenvalue weighted by atomic mass is 127. The van der Waals surface area contributed by atoms with Crippen LogP contribution in [-0.2, 0) is 0 Å². The van der Waals surface area contributed by atoms with Crippen LogP contribution >= 0.6 is 0 Å². The third kappa shape index (κ3) is 16.6. The molecule has 0 aromatic carbocycles. The van der Waals surface area contributed by atoms with Crippen molar-refractivity contribution in [2.75, 3.05) is 27.7 Å². The van der Waals surface area contributed by atoms with E-state index in [0.29, 0.717) is 0 Å². The summed E-state index contributed by atoms with van der Waals surface area (Å²) in [6.45, 7) is 3.32. The van der Waals surface area contributed by atoms with Gasteiger partial charge in [-0.05, 0) is 6.42 Å². The first kappa shape index (κ1) is 21.0. The molecule has 0 radical (unpaired) electrons. The van der Waals surface area contributed by atoms with Gasteiger partial charge < -0.3 is 33.6 Å². The van der Waals surface area contributed by atoms with Crippen molar-refractivity contribution in [1.29, 1.82) is 0 Å². The Balaban J connectivity index is 0. The van der Waals surface area contributed by atoms with E-state index >= 15 is 0 Å². The topological polar surface area (TPSA) is 20.2 Å². The number of aliphatic hydroxyl groups is 1. The fraction of sp³-hybridized carbons (Fsp3) is 1.00. The highest BCUT2D eigenvalue weighted by Gasteiger charge is 2.11. The minimum Gasteiger partial charge on any atom is -1.00 e. The number of aliphatic hydroxyl groups excluding tert-OH is 1. The third-order valence-electron chi connectivity index (χ3n) is 3.27. The van der Waals surface area contributed by atoms with Crippen LogP contribution in [0.4, 0.5) is 0 Å². The first-order chi connectivity index (χ1) is 7.95. The largest absolute Gasteiger partial charge is 1.00 e. The lowest BCUT2D eigenvalue weighted by molar-refractivity contribution is -0.870. The number of halogens is 1. The molecule has 1 atom stereocenters. The van der Waals surface area contributed by atoms with Crippen LogP contribution in [0, 0.1) is 0 Å². The lowest BCUT2D eigenvalue weighted by atomic mass is 10.0. The summed E-state index contributed by atoms with van der Waals surface area (Å²) in [5, 5.41) is 9.84. The van der Waals surface area contributed by atoms with Gasteiger partial charge in [-0.25, -0.2) is 0 Å². The number of unbranched alkanes of at least 4 members (excludes halogenated alkanes) is 6. The first-order valence-corrected chi connectivity index (χ1v) is 7.44. The van der Waals surface area contributed by atoms with E-state index in [1.165, 1.54) is 44.9 Å². The molecule has 0 saturated heterocycles. The summed E-state index contributed by atoms with van der Waals surface area (Å²) in [4.78, 5) is 0. The van der Waals surface area contributed by atoms with Gasteiger partial charge in [-0.15, -0.1) is 0 Å². The van der Waals surface area contributed by atoms with Crippen molar-refractivity contribution in [3.63, 3.8) is 0 Å². The summed E-state index contributed by atoms with van der Waals surface area (Å²) in [5.74, 6) is 0. The molecule has 0 saturated carbocycles. The lowest BCUT2D eigenvalue weighted by Crippen LogP contribution is -3.00. The fourth-order valence-electron chi connectivity index (χ4n) is 2.02. The zero-order chi connectivity index (χ0) is 13.1. The van der Waals surface area contributed by atoms with Gasteiger partial charge >= 0.3 is 0 Å². The Kier molecular flexibility index (Phi) is 14.8. The first-order valence-electron chi connectivity index (χ1n) is 7.44. The Morgan fingerprint density at radius 1 is 0.833 bits per heavy atom. The van der Waals surface area contributed by atoms with Gasteiger partial charge in [-0.1, -0.05) is 51.9 Å². The van der Waals surface area contributed by atoms with Crippen LogP contribution in [-0.4, -0.2) is 43.4 Å². The quantitative estimate of drug-likeness (QED) is 0.320. The Bertz CT molecular complexity index is 168. The molecule has 0 fully saturated rings. The van der Waals surface area contributed by atoms with Crippen LogP contribution in [0.3, 0.4) is 0 Å². The van der Waals surface area contributed by atoms with E-state index in [0.717, 1.165) is 23.9 Å². The summed E-state index contributed by atoms with van der Waals surface area (Å²) in [5.41, 5.74) is 0. The van der Waals surface area contributed by atoms with Crippen molar-refractivity contribution in [3.05, 3.63) is 0 Å². The standard InChI is InChI=1S/C15H34NO.HI/c1-5-6-7-8-9-10-11-12-15(17)13-14-16(2,3)4;/h15,17H,5-14H2,1-4H3;1H/q+1;/p-1. The average molecular weight is 371 g/mol. The van der Waals surface area contributed by atoms with Gasteiger partial charge in [0, 0.05) is 6.42 Å². The maximum absolute atomic E-state index is 9.84. The van der Waals surface area contributed by atoms with E-state index in [4.69, 9.17) is 0 Å². The number of nitrogens with zero attached hydrogens (tertiary/aromatic N) is 1. The van der Waals surface area contributed by atoms with Crippen molar-refractivity contribution in [3.8, 4) is 0 Å².